The van der Waals surface area contributed by atoms with Crippen LogP contribution in [0.25, 0.3) is 0 Å². The van der Waals surface area contributed by atoms with Crippen molar-refractivity contribution in [2.24, 2.45) is 0 Å². The molecule has 1 heterocycles. The summed E-state index contributed by atoms with van der Waals surface area (Å²) in [6, 6.07) is 15.1. The van der Waals surface area contributed by atoms with E-state index in [1.807, 2.05) is 35.2 Å². The van der Waals surface area contributed by atoms with Gasteiger partial charge in [0.25, 0.3) is 0 Å². The maximum Gasteiger partial charge on any atom is 0.321 e. The summed E-state index contributed by atoms with van der Waals surface area (Å²) in [6.07, 6.45) is 0.970. The van der Waals surface area contributed by atoms with E-state index in [0.29, 0.717) is 5.02 Å². The van der Waals surface area contributed by atoms with Crippen molar-refractivity contribution in [3.05, 3.63) is 64.1 Å². The standard InChI is InChI=1S/C19H21Cl2N3O/c20-16-4-6-18(7-5-16)22-19(25)24-12-10-23(11-13-24)9-8-15-2-1-3-17(21)14-15/h1-7,14H,8-13H2,(H,22,25). The van der Waals surface area contributed by atoms with E-state index in [9.17, 15) is 4.79 Å². The first-order chi connectivity index (χ1) is 12.1. The number of carbonyl (C=O) groups excluding carboxylic acids is 1. The van der Waals surface area contributed by atoms with Gasteiger partial charge in [-0.15, -0.1) is 0 Å². The van der Waals surface area contributed by atoms with E-state index in [0.717, 1.165) is 49.9 Å². The second kappa shape index (κ2) is 8.56. The van der Waals surface area contributed by atoms with Gasteiger partial charge in [-0.2, -0.15) is 0 Å². The zero-order valence-electron chi connectivity index (χ0n) is 13.9. The Kier molecular flexibility index (Phi) is 6.19. The summed E-state index contributed by atoms with van der Waals surface area (Å²) in [6.45, 7) is 4.21. The van der Waals surface area contributed by atoms with Crippen LogP contribution in [-0.4, -0.2) is 48.6 Å². The third kappa shape index (κ3) is 5.36. The predicted molar refractivity (Wildman–Crippen MR) is 104 cm³/mol. The van der Waals surface area contributed by atoms with Crippen LogP contribution in [0.1, 0.15) is 5.56 Å². The Labute approximate surface area is 158 Å². The lowest BCUT2D eigenvalue weighted by atomic mass is 10.1. The number of nitrogens with zero attached hydrogens (tertiary/aromatic N) is 2. The van der Waals surface area contributed by atoms with E-state index in [1.165, 1.54) is 5.56 Å². The van der Waals surface area contributed by atoms with E-state index in [4.69, 9.17) is 23.2 Å². The van der Waals surface area contributed by atoms with Gasteiger partial charge in [-0.1, -0.05) is 35.3 Å². The highest BCUT2D eigenvalue weighted by atomic mass is 35.5. The zero-order valence-corrected chi connectivity index (χ0v) is 15.4. The number of nitrogens with one attached hydrogen (secondary N) is 1. The van der Waals surface area contributed by atoms with Crippen LogP contribution in [0.2, 0.25) is 10.0 Å². The molecule has 6 heteroatoms. The van der Waals surface area contributed by atoms with Crippen LogP contribution in [0.3, 0.4) is 0 Å². The Hall–Kier alpha value is -1.75. The fourth-order valence-electron chi connectivity index (χ4n) is 2.89. The number of hydrogen-bond acceptors (Lipinski definition) is 2. The summed E-state index contributed by atoms with van der Waals surface area (Å²) in [7, 11) is 0. The molecule has 2 amide bonds. The SMILES string of the molecule is O=C(Nc1ccc(Cl)cc1)N1CCN(CCc2cccc(Cl)c2)CC1. The second-order valence-corrected chi connectivity index (χ2v) is 7.02. The van der Waals surface area contributed by atoms with Crippen molar-refractivity contribution in [3.63, 3.8) is 0 Å². The Bertz CT molecular complexity index is 713. The normalized spacial score (nSPS) is 15.2. The van der Waals surface area contributed by atoms with Crippen LogP contribution in [-0.2, 0) is 6.42 Å². The van der Waals surface area contributed by atoms with Crippen LogP contribution < -0.4 is 5.32 Å². The van der Waals surface area contributed by atoms with Crippen LogP contribution in [0.15, 0.2) is 48.5 Å². The molecule has 1 fully saturated rings. The fraction of sp³-hybridized carbons (Fsp3) is 0.316. The van der Waals surface area contributed by atoms with E-state index < -0.39 is 0 Å². The monoisotopic (exact) mass is 377 g/mol. The van der Waals surface area contributed by atoms with Crippen molar-refractivity contribution in [2.45, 2.75) is 6.42 Å². The first-order valence-corrected chi connectivity index (χ1v) is 9.14. The van der Waals surface area contributed by atoms with Gasteiger partial charge in [-0.25, -0.2) is 4.79 Å². The summed E-state index contributed by atoms with van der Waals surface area (Å²) in [5, 5.41) is 4.35. The Morgan fingerprint density at radius 1 is 0.960 bits per heavy atom. The highest BCUT2D eigenvalue weighted by Gasteiger charge is 2.20. The third-order valence-electron chi connectivity index (χ3n) is 4.36. The van der Waals surface area contributed by atoms with Crippen LogP contribution in [0.5, 0.6) is 0 Å². The van der Waals surface area contributed by atoms with Crippen molar-refractivity contribution in [1.82, 2.24) is 9.80 Å². The van der Waals surface area contributed by atoms with E-state index in [1.54, 1.807) is 12.1 Å². The highest BCUT2D eigenvalue weighted by molar-refractivity contribution is 6.30. The van der Waals surface area contributed by atoms with Crippen LogP contribution in [0, 0.1) is 0 Å². The molecular formula is C19H21Cl2N3O. The van der Waals surface area contributed by atoms with Gasteiger partial charge in [0.05, 0.1) is 0 Å². The number of benzene rings is 2. The average Bonchev–Trinajstić information content (AvgIpc) is 2.62. The fourth-order valence-corrected chi connectivity index (χ4v) is 3.23. The lowest BCUT2D eigenvalue weighted by molar-refractivity contribution is 0.148. The van der Waals surface area contributed by atoms with Crippen LogP contribution >= 0.6 is 23.2 Å². The number of piperazine rings is 1. The van der Waals surface area contributed by atoms with Gasteiger partial charge in [0.1, 0.15) is 0 Å². The Morgan fingerprint density at radius 2 is 1.68 bits per heavy atom. The molecule has 1 aliphatic heterocycles. The minimum Gasteiger partial charge on any atom is -0.322 e. The lowest BCUT2D eigenvalue weighted by Crippen LogP contribution is -2.50. The molecule has 132 valence electrons. The maximum absolute atomic E-state index is 12.3. The lowest BCUT2D eigenvalue weighted by Gasteiger charge is -2.34. The number of urea groups is 1. The first-order valence-electron chi connectivity index (χ1n) is 8.38. The molecule has 4 nitrogen and oxygen atoms in total. The Morgan fingerprint density at radius 3 is 2.36 bits per heavy atom. The van der Waals surface area contributed by atoms with Gasteiger partial charge in [0.2, 0.25) is 0 Å². The molecule has 0 atom stereocenters. The molecule has 0 saturated carbocycles. The molecule has 1 saturated heterocycles. The van der Waals surface area contributed by atoms with Crippen molar-refractivity contribution in [2.75, 3.05) is 38.0 Å². The molecule has 0 aliphatic carbocycles. The van der Waals surface area contributed by atoms with Crippen molar-refractivity contribution >= 4 is 34.9 Å². The summed E-state index contributed by atoms with van der Waals surface area (Å²) in [5.41, 5.74) is 2.01. The Balaban J connectivity index is 1.43. The zero-order chi connectivity index (χ0) is 17.6. The molecule has 0 bridgehead atoms. The molecule has 0 radical (unpaired) electrons. The van der Waals surface area contributed by atoms with Gasteiger partial charge >= 0.3 is 6.03 Å². The molecular weight excluding hydrogens is 357 g/mol. The van der Waals surface area contributed by atoms with E-state index in [2.05, 4.69) is 16.3 Å². The minimum atomic E-state index is -0.0585. The third-order valence-corrected chi connectivity index (χ3v) is 4.85. The first kappa shape index (κ1) is 18.1. The number of amides is 2. The topological polar surface area (TPSA) is 35.6 Å². The van der Waals surface area contributed by atoms with Gasteiger partial charge in [0.15, 0.2) is 0 Å². The molecule has 0 unspecified atom stereocenters. The summed E-state index contributed by atoms with van der Waals surface area (Å²) in [5.74, 6) is 0. The average molecular weight is 378 g/mol. The quantitative estimate of drug-likeness (QED) is 0.857. The molecule has 0 spiro atoms. The molecule has 2 aromatic rings. The second-order valence-electron chi connectivity index (χ2n) is 6.15. The minimum absolute atomic E-state index is 0.0585. The number of halogens is 2. The number of rotatable bonds is 4. The van der Waals surface area contributed by atoms with Crippen LogP contribution in [0.4, 0.5) is 10.5 Å². The number of anilines is 1. The van der Waals surface area contributed by atoms with E-state index >= 15 is 0 Å². The van der Waals surface area contributed by atoms with Gasteiger partial charge in [0, 0.05) is 48.5 Å². The smallest absolute Gasteiger partial charge is 0.321 e. The molecule has 1 N–H and O–H groups in total. The largest absolute Gasteiger partial charge is 0.322 e. The number of hydrogen-bond donors (Lipinski definition) is 1. The van der Waals surface area contributed by atoms with E-state index in [-0.39, 0.29) is 6.03 Å². The van der Waals surface area contributed by atoms with Crippen molar-refractivity contribution in [3.8, 4) is 0 Å². The maximum atomic E-state index is 12.3. The van der Waals surface area contributed by atoms with Gasteiger partial charge < -0.3 is 10.2 Å². The summed E-state index contributed by atoms with van der Waals surface area (Å²) in [4.78, 5) is 16.6. The molecule has 0 aromatic heterocycles. The summed E-state index contributed by atoms with van der Waals surface area (Å²) < 4.78 is 0. The molecule has 3 rings (SSSR count). The molecule has 1 aliphatic rings. The number of carbonyl (C=O) groups is 1. The highest BCUT2D eigenvalue weighted by Crippen LogP contribution is 2.15. The molecule has 25 heavy (non-hydrogen) atoms. The molecule has 2 aromatic carbocycles. The predicted octanol–water partition coefficient (Wildman–Crippen LogP) is 4.39. The summed E-state index contributed by atoms with van der Waals surface area (Å²) >= 11 is 11.9. The van der Waals surface area contributed by atoms with Crippen molar-refractivity contribution < 1.29 is 4.79 Å². The van der Waals surface area contributed by atoms with Gasteiger partial charge in [-0.3, -0.25) is 4.90 Å². The van der Waals surface area contributed by atoms with Crippen molar-refractivity contribution in [1.29, 1.82) is 0 Å². The van der Waals surface area contributed by atoms with Gasteiger partial charge in [-0.05, 0) is 48.4 Å².